The number of piperazine rings is 1. The number of hydrogen-bond donors (Lipinski definition) is 1. The van der Waals surface area contributed by atoms with Gasteiger partial charge in [-0.05, 0) is 42.0 Å². The maximum absolute atomic E-state index is 13.4. The summed E-state index contributed by atoms with van der Waals surface area (Å²) in [6.07, 6.45) is 4.66. The molecule has 33 heavy (non-hydrogen) atoms. The van der Waals surface area contributed by atoms with E-state index in [4.69, 9.17) is 0 Å². The summed E-state index contributed by atoms with van der Waals surface area (Å²) >= 11 is 1.57. The molecule has 0 saturated carbocycles. The molecule has 2 amide bonds. The number of nitrogens with zero attached hydrogens (tertiary/aromatic N) is 3. The van der Waals surface area contributed by atoms with Crippen LogP contribution in [-0.2, 0) is 9.59 Å². The lowest BCUT2D eigenvalue weighted by atomic mass is 10.1. The van der Waals surface area contributed by atoms with E-state index in [1.54, 1.807) is 23.5 Å². The van der Waals surface area contributed by atoms with Gasteiger partial charge < -0.3 is 10.2 Å². The number of carbonyl (C=O) groups excluding carboxylic acids is 2. The van der Waals surface area contributed by atoms with Gasteiger partial charge in [-0.2, -0.15) is 0 Å². The molecule has 0 bridgehead atoms. The zero-order valence-electron chi connectivity index (χ0n) is 19.0. The minimum Gasteiger partial charge on any atom is -0.343 e. The molecule has 4 rings (SSSR count). The molecule has 2 aromatic rings. The van der Waals surface area contributed by atoms with Gasteiger partial charge in [0.1, 0.15) is 5.82 Å². The zero-order valence-corrected chi connectivity index (χ0v) is 19.9. The molecule has 0 unspecified atom stereocenters. The van der Waals surface area contributed by atoms with Crippen molar-refractivity contribution in [2.45, 2.75) is 31.7 Å². The molecule has 1 atom stereocenters. The first-order valence-electron chi connectivity index (χ1n) is 11.9. The smallest absolute Gasteiger partial charge is 0.236 e. The van der Waals surface area contributed by atoms with Gasteiger partial charge in [0.2, 0.25) is 11.8 Å². The molecule has 2 fully saturated rings. The fourth-order valence-electron chi connectivity index (χ4n) is 4.56. The summed E-state index contributed by atoms with van der Waals surface area (Å²) in [7, 11) is 0. The second-order valence-electron chi connectivity index (χ2n) is 8.91. The van der Waals surface area contributed by atoms with E-state index in [1.165, 1.54) is 25.0 Å². The first kappa shape index (κ1) is 23.9. The van der Waals surface area contributed by atoms with E-state index in [0.29, 0.717) is 13.1 Å². The maximum atomic E-state index is 13.4. The van der Waals surface area contributed by atoms with E-state index in [2.05, 4.69) is 15.1 Å². The Bertz CT molecular complexity index is 890. The molecular formula is C25H33FN4O2S. The van der Waals surface area contributed by atoms with Gasteiger partial charge in [0.25, 0.3) is 0 Å². The number of nitrogens with one attached hydrogen (secondary N) is 1. The summed E-state index contributed by atoms with van der Waals surface area (Å²) < 4.78 is 13.4. The van der Waals surface area contributed by atoms with Crippen LogP contribution in [0.5, 0.6) is 0 Å². The lowest BCUT2D eigenvalue weighted by molar-refractivity contribution is -0.133. The van der Waals surface area contributed by atoms with Crippen LogP contribution in [0.3, 0.4) is 0 Å². The largest absolute Gasteiger partial charge is 0.343 e. The van der Waals surface area contributed by atoms with Gasteiger partial charge >= 0.3 is 0 Å². The minimum atomic E-state index is -0.290. The van der Waals surface area contributed by atoms with Gasteiger partial charge in [-0.15, -0.1) is 11.3 Å². The molecule has 1 aromatic carbocycles. The van der Waals surface area contributed by atoms with Crippen LogP contribution >= 0.6 is 11.3 Å². The Hall–Kier alpha value is -2.29. The molecule has 8 heteroatoms. The second kappa shape index (κ2) is 11.7. The monoisotopic (exact) mass is 472 g/mol. The summed E-state index contributed by atoms with van der Waals surface area (Å²) in [5, 5.41) is 5.10. The average Bonchev–Trinajstić information content (AvgIpc) is 3.21. The van der Waals surface area contributed by atoms with E-state index in [9.17, 15) is 14.0 Å². The SMILES string of the molecule is O=C(CN1CCN(CC(=O)N2CCCCCC2)CC1)N[C@H](c1ccc(F)cc1)c1cccs1. The lowest BCUT2D eigenvalue weighted by Gasteiger charge is -2.35. The zero-order chi connectivity index (χ0) is 23.0. The number of amides is 2. The molecule has 3 heterocycles. The van der Waals surface area contributed by atoms with Crippen LogP contribution in [0.4, 0.5) is 4.39 Å². The van der Waals surface area contributed by atoms with Gasteiger partial charge in [0, 0.05) is 44.1 Å². The van der Waals surface area contributed by atoms with Crippen molar-refractivity contribution in [1.82, 2.24) is 20.0 Å². The molecule has 0 radical (unpaired) electrons. The Kier molecular flexibility index (Phi) is 8.47. The third kappa shape index (κ3) is 6.85. The van der Waals surface area contributed by atoms with Crippen molar-refractivity contribution in [2.75, 3.05) is 52.4 Å². The highest BCUT2D eigenvalue weighted by Crippen LogP contribution is 2.26. The molecule has 1 aromatic heterocycles. The Morgan fingerprint density at radius 3 is 2.12 bits per heavy atom. The summed E-state index contributed by atoms with van der Waals surface area (Å²) in [5.41, 5.74) is 0.865. The van der Waals surface area contributed by atoms with Crippen LogP contribution in [0.15, 0.2) is 41.8 Å². The number of halogens is 1. The number of carbonyl (C=O) groups is 2. The quantitative estimate of drug-likeness (QED) is 0.673. The van der Waals surface area contributed by atoms with Crippen LogP contribution in [0.25, 0.3) is 0 Å². The summed E-state index contributed by atoms with van der Waals surface area (Å²) in [5.74, 6) is -0.102. The van der Waals surface area contributed by atoms with Crippen LogP contribution in [0, 0.1) is 5.82 Å². The maximum Gasteiger partial charge on any atom is 0.236 e. The Labute approximate surface area is 199 Å². The average molecular weight is 473 g/mol. The number of hydrogen-bond acceptors (Lipinski definition) is 5. The van der Waals surface area contributed by atoms with Crippen LogP contribution in [0.1, 0.15) is 42.2 Å². The Morgan fingerprint density at radius 1 is 0.879 bits per heavy atom. The molecule has 2 aliphatic rings. The highest BCUT2D eigenvalue weighted by Gasteiger charge is 2.25. The molecule has 178 valence electrons. The number of thiophene rings is 1. The van der Waals surface area contributed by atoms with E-state index in [1.807, 2.05) is 22.4 Å². The van der Waals surface area contributed by atoms with Crippen LogP contribution in [-0.4, -0.2) is 78.9 Å². The van der Waals surface area contributed by atoms with E-state index in [0.717, 1.165) is 62.6 Å². The fraction of sp³-hybridized carbons (Fsp3) is 0.520. The van der Waals surface area contributed by atoms with E-state index >= 15 is 0 Å². The number of rotatable bonds is 7. The molecule has 0 aliphatic carbocycles. The van der Waals surface area contributed by atoms with Crippen molar-refractivity contribution < 1.29 is 14.0 Å². The van der Waals surface area contributed by atoms with Gasteiger partial charge in [0.15, 0.2) is 0 Å². The minimum absolute atomic E-state index is 0.0492. The fourth-order valence-corrected chi connectivity index (χ4v) is 5.36. The van der Waals surface area contributed by atoms with E-state index in [-0.39, 0.29) is 23.7 Å². The summed E-state index contributed by atoms with van der Waals surface area (Å²) in [6, 6.07) is 9.95. The van der Waals surface area contributed by atoms with Crippen molar-refractivity contribution in [1.29, 1.82) is 0 Å². The molecule has 6 nitrogen and oxygen atoms in total. The third-order valence-electron chi connectivity index (χ3n) is 6.49. The van der Waals surface area contributed by atoms with Crippen molar-refractivity contribution in [3.8, 4) is 0 Å². The second-order valence-corrected chi connectivity index (χ2v) is 9.89. The Morgan fingerprint density at radius 2 is 1.52 bits per heavy atom. The van der Waals surface area contributed by atoms with Crippen LogP contribution in [0.2, 0.25) is 0 Å². The van der Waals surface area contributed by atoms with Gasteiger partial charge in [-0.1, -0.05) is 31.0 Å². The van der Waals surface area contributed by atoms with Crippen molar-refractivity contribution in [3.63, 3.8) is 0 Å². The first-order chi connectivity index (χ1) is 16.1. The van der Waals surface area contributed by atoms with Crippen LogP contribution < -0.4 is 5.32 Å². The highest BCUT2D eigenvalue weighted by atomic mass is 32.1. The standard InChI is InChI=1S/C25H33FN4O2S/c26-21-9-7-20(8-10-21)25(22-6-5-17-33-22)27-23(31)18-28-13-15-29(16-14-28)19-24(32)30-11-3-1-2-4-12-30/h5-10,17,25H,1-4,11-16,18-19H2,(H,27,31)/t25-/m1/s1. The normalized spacial score (nSPS) is 19.1. The van der Waals surface area contributed by atoms with Gasteiger partial charge in [-0.25, -0.2) is 4.39 Å². The predicted molar refractivity (Wildman–Crippen MR) is 129 cm³/mol. The lowest BCUT2D eigenvalue weighted by Crippen LogP contribution is -2.52. The molecular weight excluding hydrogens is 439 g/mol. The third-order valence-corrected chi connectivity index (χ3v) is 7.42. The van der Waals surface area contributed by atoms with Gasteiger partial charge in [0.05, 0.1) is 19.1 Å². The topological polar surface area (TPSA) is 55.9 Å². The summed E-state index contributed by atoms with van der Waals surface area (Å²) in [4.78, 5) is 32.9. The molecule has 1 N–H and O–H groups in total. The van der Waals surface area contributed by atoms with E-state index < -0.39 is 0 Å². The van der Waals surface area contributed by atoms with Crippen molar-refractivity contribution >= 4 is 23.2 Å². The summed E-state index contributed by atoms with van der Waals surface area (Å²) in [6.45, 7) is 5.68. The highest BCUT2D eigenvalue weighted by molar-refractivity contribution is 7.10. The predicted octanol–water partition coefficient (Wildman–Crippen LogP) is 3.11. The number of likely N-dealkylation sites (tertiary alicyclic amines) is 1. The van der Waals surface area contributed by atoms with Crippen molar-refractivity contribution in [3.05, 3.63) is 58.0 Å². The van der Waals surface area contributed by atoms with Gasteiger partial charge in [-0.3, -0.25) is 19.4 Å². The first-order valence-corrected chi connectivity index (χ1v) is 12.8. The Balaban J connectivity index is 1.26. The number of benzene rings is 1. The molecule has 2 saturated heterocycles. The van der Waals surface area contributed by atoms with Crippen molar-refractivity contribution in [2.24, 2.45) is 0 Å². The molecule has 0 spiro atoms. The molecule has 2 aliphatic heterocycles.